The number of benzene rings is 1. The first-order valence-corrected chi connectivity index (χ1v) is 7.89. The molecule has 1 atom stereocenters. The van der Waals surface area contributed by atoms with E-state index in [9.17, 15) is 9.59 Å². The maximum absolute atomic E-state index is 12.4. The monoisotopic (exact) mass is 324 g/mol. The average molecular weight is 324 g/mol. The van der Waals surface area contributed by atoms with Crippen LogP contribution in [-0.4, -0.2) is 41.3 Å². The number of anilines is 1. The number of nitrogen functional groups attached to an aromatic ring is 1. The number of amides is 2. The molecule has 1 aromatic carbocycles. The summed E-state index contributed by atoms with van der Waals surface area (Å²) in [4.78, 5) is 29.6. The molecule has 1 aliphatic heterocycles. The quantitative estimate of drug-likeness (QED) is 0.899. The molecule has 0 radical (unpaired) electrons. The normalized spacial score (nSPS) is 17.6. The molecule has 124 valence electrons. The molecular formula is C18H20N4O2. The van der Waals surface area contributed by atoms with Crippen LogP contribution < -0.4 is 11.1 Å². The number of likely N-dealkylation sites (tertiary alicyclic amines) is 1. The highest BCUT2D eigenvalue weighted by Gasteiger charge is 2.24. The van der Waals surface area contributed by atoms with E-state index in [1.807, 2.05) is 12.1 Å². The number of carbonyl (C=O) groups excluding carboxylic acids is 2. The topological polar surface area (TPSA) is 88.3 Å². The fourth-order valence-electron chi connectivity index (χ4n) is 2.85. The van der Waals surface area contributed by atoms with Gasteiger partial charge in [-0.2, -0.15) is 0 Å². The molecular weight excluding hydrogens is 304 g/mol. The van der Waals surface area contributed by atoms with Gasteiger partial charge in [0, 0.05) is 55.3 Å². The number of aromatic nitrogens is 1. The van der Waals surface area contributed by atoms with Crippen molar-refractivity contribution in [3.05, 3.63) is 48.3 Å². The van der Waals surface area contributed by atoms with E-state index in [1.165, 1.54) is 0 Å². The molecule has 3 rings (SSSR count). The van der Waals surface area contributed by atoms with Crippen molar-refractivity contribution >= 4 is 17.5 Å². The predicted molar refractivity (Wildman–Crippen MR) is 92.2 cm³/mol. The van der Waals surface area contributed by atoms with E-state index in [0.29, 0.717) is 30.6 Å². The molecule has 2 aromatic rings. The Balaban J connectivity index is 1.68. The van der Waals surface area contributed by atoms with Crippen molar-refractivity contribution in [2.75, 3.05) is 19.3 Å². The SMILES string of the molecule is CN1CC(NC(=O)c2ccc(-c3cnccc3N)cc2)CCC1=O. The summed E-state index contributed by atoms with van der Waals surface area (Å²) in [5.41, 5.74) is 8.94. The lowest BCUT2D eigenvalue weighted by atomic mass is 10.0. The zero-order valence-electron chi connectivity index (χ0n) is 13.5. The van der Waals surface area contributed by atoms with E-state index in [1.54, 1.807) is 42.5 Å². The third-order valence-electron chi connectivity index (χ3n) is 4.27. The Labute approximate surface area is 140 Å². The number of pyridine rings is 1. The predicted octanol–water partition coefficient (Wildman–Crippen LogP) is 1.68. The first-order valence-electron chi connectivity index (χ1n) is 7.89. The molecule has 0 saturated carbocycles. The molecule has 0 spiro atoms. The Hall–Kier alpha value is -2.89. The minimum absolute atomic E-state index is 0.00570. The summed E-state index contributed by atoms with van der Waals surface area (Å²) in [6, 6.07) is 9.01. The molecule has 1 saturated heterocycles. The third kappa shape index (κ3) is 3.37. The molecule has 6 nitrogen and oxygen atoms in total. The summed E-state index contributed by atoms with van der Waals surface area (Å²) in [7, 11) is 1.76. The summed E-state index contributed by atoms with van der Waals surface area (Å²) in [5.74, 6) is -0.00707. The molecule has 2 amide bonds. The zero-order valence-corrected chi connectivity index (χ0v) is 13.5. The molecule has 6 heteroatoms. The minimum atomic E-state index is -0.131. The molecule has 1 unspecified atom stereocenters. The molecule has 1 fully saturated rings. The van der Waals surface area contributed by atoms with Crippen molar-refractivity contribution in [1.82, 2.24) is 15.2 Å². The van der Waals surface area contributed by atoms with Crippen molar-refractivity contribution in [3.63, 3.8) is 0 Å². The smallest absolute Gasteiger partial charge is 0.251 e. The van der Waals surface area contributed by atoms with E-state index in [2.05, 4.69) is 10.3 Å². The maximum Gasteiger partial charge on any atom is 0.251 e. The summed E-state index contributed by atoms with van der Waals surface area (Å²) in [6.07, 6.45) is 4.51. The van der Waals surface area contributed by atoms with Gasteiger partial charge in [-0.3, -0.25) is 14.6 Å². The van der Waals surface area contributed by atoms with Crippen molar-refractivity contribution in [2.45, 2.75) is 18.9 Å². The van der Waals surface area contributed by atoms with Gasteiger partial charge in [0.25, 0.3) is 5.91 Å². The second kappa shape index (κ2) is 6.70. The zero-order chi connectivity index (χ0) is 17.1. The fraction of sp³-hybridized carbons (Fsp3) is 0.278. The molecule has 0 aliphatic carbocycles. The van der Waals surface area contributed by atoms with E-state index >= 15 is 0 Å². The van der Waals surface area contributed by atoms with Crippen LogP contribution in [0.1, 0.15) is 23.2 Å². The summed E-state index contributed by atoms with van der Waals surface area (Å²) >= 11 is 0. The first kappa shape index (κ1) is 16.0. The van der Waals surface area contributed by atoms with Gasteiger partial charge in [-0.1, -0.05) is 12.1 Å². The molecule has 0 bridgehead atoms. The first-order chi connectivity index (χ1) is 11.5. The summed E-state index contributed by atoms with van der Waals surface area (Å²) < 4.78 is 0. The Morgan fingerprint density at radius 2 is 2.04 bits per heavy atom. The molecule has 3 N–H and O–H groups in total. The second-order valence-electron chi connectivity index (χ2n) is 6.02. The van der Waals surface area contributed by atoms with E-state index in [0.717, 1.165) is 11.1 Å². The van der Waals surface area contributed by atoms with Crippen LogP contribution >= 0.6 is 0 Å². The number of carbonyl (C=O) groups is 2. The molecule has 24 heavy (non-hydrogen) atoms. The van der Waals surface area contributed by atoms with Crippen molar-refractivity contribution in [1.29, 1.82) is 0 Å². The van der Waals surface area contributed by atoms with Crippen LogP contribution in [0.25, 0.3) is 11.1 Å². The van der Waals surface area contributed by atoms with Crippen LogP contribution in [0.2, 0.25) is 0 Å². The van der Waals surface area contributed by atoms with Gasteiger partial charge < -0.3 is 16.0 Å². The minimum Gasteiger partial charge on any atom is -0.398 e. The lowest BCUT2D eigenvalue weighted by Crippen LogP contribution is -2.48. The standard InChI is InChI=1S/C18H20N4O2/c1-22-11-14(6-7-17(22)23)21-18(24)13-4-2-12(3-5-13)15-10-20-9-8-16(15)19/h2-5,8-10,14H,6-7,11H2,1H3,(H2,19,20)(H,21,24). The number of rotatable bonds is 3. The number of nitrogens with one attached hydrogen (secondary N) is 1. The van der Waals surface area contributed by atoms with Crippen LogP contribution in [-0.2, 0) is 4.79 Å². The van der Waals surface area contributed by atoms with Gasteiger partial charge in [0.15, 0.2) is 0 Å². The van der Waals surface area contributed by atoms with Crippen LogP contribution in [0.15, 0.2) is 42.7 Å². The van der Waals surface area contributed by atoms with Gasteiger partial charge >= 0.3 is 0 Å². The Kier molecular flexibility index (Phi) is 4.46. The molecule has 1 aromatic heterocycles. The van der Waals surface area contributed by atoms with Crippen molar-refractivity contribution in [3.8, 4) is 11.1 Å². The van der Waals surface area contributed by atoms with Crippen LogP contribution in [0.3, 0.4) is 0 Å². The summed E-state index contributed by atoms with van der Waals surface area (Å²) in [5, 5.41) is 2.99. The highest BCUT2D eigenvalue weighted by atomic mass is 16.2. The van der Waals surface area contributed by atoms with E-state index < -0.39 is 0 Å². The number of likely N-dealkylation sites (N-methyl/N-ethyl adjacent to an activating group) is 1. The van der Waals surface area contributed by atoms with Crippen LogP contribution in [0.4, 0.5) is 5.69 Å². The number of nitrogens with zero attached hydrogens (tertiary/aromatic N) is 2. The lowest BCUT2D eigenvalue weighted by molar-refractivity contribution is -0.132. The molecule has 2 heterocycles. The number of hydrogen-bond donors (Lipinski definition) is 2. The lowest BCUT2D eigenvalue weighted by Gasteiger charge is -2.30. The van der Waals surface area contributed by atoms with Crippen LogP contribution in [0, 0.1) is 0 Å². The van der Waals surface area contributed by atoms with Crippen molar-refractivity contribution < 1.29 is 9.59 Å². The van der Waals surface area contributed by atoms with Gasteiger partial charge in [-0.15, -0.1) is 0 Å². The summed E-state index contributed by atoms with van der Waals surface area (Å²) in [6.45, 7) is 0.550. The number of piperidine rings is 1. The number of hydrogen-bond acceptors (Lipinski definition) is 4. The highest BCUT2D eigenvalue weighted by Crippen LogP contribution is 2.24. The van der Waals surface area contributed by atoms with Crippen LogP contribution in [0.5, 0.6) is 0 Å². The Morgan fingerprint density at radius 1 is 1.29 bits per heavy atom. The van der Waals surface area contributed by atoms with Gasteiger partial charge in [0.2, 0.25) is 5.91 Å². The van der Waals surface area contributed by atoms with Crippen molar-refractivity contribution in [2.24, 2.45) is 0 Å². The van der Waals surface area contributed by atoms with Gasteiger partial charge in [0.1, 0.15) is 0 Å². The Morgan fingerprint density at radius 3 is 2.71 bits per heavy atom. The Bertz CT molecular complexity index is 758. The van der Waals surface area contributed by atoms with E-state index in [-0.39, 0.29) is 17.9 Å². The average Bonchev–Trinajstić information content (AvgIpc) is 2.59. The highest BCUT2D eigenvalue weighted by molar-refractivity contribution is 5.95. The molecule has 1 aliphatic rings. The largest absolute Gasteiger partial charge is 0.398 e. The fourth-order valence-corrected chi connectivity index (χ4v) is 2.85. The second-order valence-corrected chi connectivity index (χ2v) is 6.02. The van der Waals surface area contributed by atoms with Gasteiger partial charge in [-0.25, -0.2) is 0 Å². The van der Waals surface area contributed by atoms with Gasteiger partial charge in [-0.05, 0) is 30.2 Å². The maximum atomic E-state index is 12.4. The number of nitrogens with two attached hydrogens (primary N) is 1. The van der Waals surface area contributed by atoms with Gasteiger partial charge in [0.05, 0.1) is 0 Å². The third-order valence-corrected chi connectivity index (χ3v) is 4.27. The van der Waals surface area contributed by atoms with E-state index in [4.69, 9.17) is 5.73 Å².